The summed E-state index contributed by atoms with van der Waals surface area (Å²) < 4.78 is 16.4. The first-order valence-electron chi connectivity index (χ1n) is 13.9. The van der Waals surface area contributed by atoms with Crippen molar-refractivity contribution < 1.29 is 4.57 Å². The van der Waals surface area contributed by atoms with Crippen LogP contribution in [0.15, 0.2) is 91.0 Å². The summed E-state index contributed by atoms with van der Waals surface area (Å²) in [6.45, 7) is 13.4. The summed E-state index contributed by atoms with van der Waals surface area (Å²) in [5.74, 6) is 0. The van der Waals surface area contributed by atoms with Crippen LogP contribution < -0.4 is 26.3 Å². The number of thiophene rings is 1. The van der Waals surface area contributed by atoms with E-state index in [1.807, 2.05) is 48.5 Å². The number of rotatable bonds is 5. The van der Waals surface area contributed by atoms with Gasteiger partial charge in [-0.1, -0.05) is 129 Å². The SMILES string of the molecule is Cc1cc(C)c(B(c2ccc(C3=Cc4ccccc4P3(=O)c3ccccc3)s2)c2c(C)cc(C)cc2C)c(C)c1. The van der Waals surface area contributed by atoms with Gasteiger partial charge in [-0.15, -0.1) is 11.3 Å². The minimum Gasteiger partial charge on any atom is -0.309 e. The summed E-state index contributed by atoms with van der Waals surface area (Å²) in [6.07, 6.45) is 2.17. The predicted octanol–water partition coefficient (Wildman–Crippen LogP) is 6.94. The molecule has 0 fully saturated rings. The van der Waals surface area contributed by atoms with Crippen LogP contribution in [0.4, 0.5) is 0 Å². The molecule has 4 heteroatoms. The monoisotopic (exact) mass is 556 g/mol. The van der Waals surface area contributed by atoms with E-state index in [4.69, 9.17) is 0 Å². The molecule has 0 N–H and O–H groups in total. The van der Waals surface area contributed by atoms with Crippen LogP contribution in [0.25, 0.3) is 11.4 Å². The van der Waals surface area contributed by atoms with E-state index in [0.717, 1.165) is 26.4 Å². The van der Waals surface area contributed by atoms with E-state index in [9.17, 15) is 0 Å². The van der Waals surface area contributed by atoms with Crippen molar-refractivity contribution >= 4 is 62.9 Å². The Kier molecular flexibility index (Phi) is 6.85. The first kappa shape index (κ1) is 26.8. The molecule has 0 amide bonds. The van der Waals surface area contributed by atoms with E-state index < -0.39 is 7.14 Å². The molecule has 0 aliphatic carbocycles. The van der Waals surface area contributed by atoms with Crippen molar-refractivity contribution in [3.05, 3.63) is 135 Å². The molecule has 4 aromatic carbocycles. The standard InChI is InChI=1S/C36H34BOPS/c1-23-18-25(3)35(26(4)19-23)37(36-27(5)20-24(2)21-28(36)6)34-17-16-33(40-34)32-22-29-12-10-11-15-31(29)39(32,38)30-13-8-7-9-14-30/h7-22H,1-6H3. The van der Waals surface area contributed by atoms with Gasteiger partial charge in [0.15, 0.2) is 7.14 Å². The maximum Gasteiger partial charge on any atom is 0.255 e. The molecule has 0 saturated heterocycles. The van der Waals surface area contributed by atoms with Gasteiger partial charge >= 0.3 is 0 Å². The Hall–Kier alpha value is -3.39. The lowest BCUT2D eigenvalue weighted by Gasteiger charge is -2.23. The van der Waals surface area contributed by atoms with Crippen LogP contribution in [0, 0.1) is 41.5 Å². The highest BCUT2D eigenvalue weighted by Gasteiger charge is 2.40. The molecule has 1 aromatic heterocycles. The number of benzene rings is 4. The second-order valence-corrected chi connectivity index (χ2v) is 15.1. The molecule has 0 saturated carbocycles. The summed E-state index contributed by atoms with van der Waals surface area (Å²) in [7, 11) is -2.98. The zero-order valence-corrected chi connectivity index (χ0v) is 25.8. The zero-order valence-electron chi connectivity index (χ0n) is 24.1. The highest BCUT2D eigenvalue weighted by atomic mass is 32.1. The molecule has 1 aliphatic rings. The van der Waals surface area contributed by atoms with E-state index in [-0.39, 0.29) is 6.71 Å². The summed E-state index contributed by atoms with van der Waals surface area (Å²) in [4.78, 5) is 1.09. The molecule has 2 heterocycles. The normalized spacial score (nSPS) is 16.1. The van der Waals surface area contributed by atoms with Crippen LogP contribution in [-0.4, -0.2) is 6.71 Å². The average molecular weight is 557 g/mol. The Labute approximate surface area is 243 Å². The topological polar surface area (TPSA) is 17.1 Å². The largest absolute Gasteiger partial charge is 0.309 e. The summed E-state index contributed by atoms with van der Waals surface area (Å²) in [5.41, 5.74) is 11.7. The lowest BCUT2D eigenvalue weighted by Crippen LogP contribution is -2.54. The van der Waals surface area contributed by atoms with Crippen LogP contribution in [0.3, 0.4) is 0 Å². The van der Waals surface area contributed by atoms with Gasteiger partial charge in [-0.05, 0) is 64.0 Å². The number of fused-ring (bicyclic) bond motifs is 1. The van der Waals surface area contributed by atoms with Gasteiger partial charge < -0.3 is 4.57 Å². The van der Waals surface area contributed by atoms with Crippen molar-refractivity contribution in [2.75, 3.05) is 0 Å². The third-order valence-corrected chi connectivity index (χ3v) is 12.7. The highest BCUT2D eigenvalue weighted by Crippen LogP contribution is 2.62. The molecule has 198 valence electrons. The fraction of sp³-hybridized carbons (Fsp3) is 0.167. The Morgan fingerprint density at radius 1 is 0.625 bits per heavy atom. The highest BCUT2D eigenvalue weighted by molar-refractivity contribution is 7.88. The second kappa shape index (κ2) is 10.2. The summed E-state index contributed by atoms with van der Waals surface area (Å²) in [5, 5.41) is 2.79. The fourth-order valence-electron chi connectivity index (χ4n) is 6.77. The molecule has 5 aromatic rings. The molecule has 40 heavy (non-hydrogen) atoms. The smallest absolute Gasteiger partial charge is 0.255 e. The maximum absolute atomic E-state index is 15.1. The summed E-state index contributed by atoms with van der Waals surface area (Å²) >= 11 is 1.80. The van der Waals surface area contributed by atoms with Gasteiger partial charge in [0, 0.05) is 20.8 Å². The predicted molar refractivity (Wildman–Crippen MR) is 178 cm³/mol. The Morgan fingerprint density at radius 3 is 1.73 bits per heavy atom. The maximum atomic E-state index is 15.1. The number of aryl methyl sites for hydroxylation is 6. The van der Waals surface area contributed by atoms with E-state index in [1.165, 1.54) is 49.1 Å². The van der Waals surface area contributed by atoms with Crippen molar-refractivity contribution in [1.82, 2.24) is 0 Å². The quantitative estimate of drug-likeness (QED) is 0.169. The van der Waals surface area contributed by atoms with Crippen LogP contribution in [0.5, 0.6) is 0 Å². The Morgan fingerprint density at radius 2 is 1.15 bits per heavy atom. The Balaban J connectivity index is 1.56. The zero-order chi connectivity index (χ0) is 28.2. The van der Waals surface area contributed by atoms with Crippen molar-refractivity contribution in [3.63, 3.8) is 0 Å². The first-order chi connectivity index (χ1) is 19.2. The van der Waals surface area contributed by atoms with Gasteiger partial charge in [0.1, 0.15) is 0 Å². The van der Waals surface area contributed by atoms with Crippen molar-refractivity contribution in [2.24, 2.45) is 0 Å². The van der Waals surface area contributed by atoms with E-state index >= 15 is 4.57 Å². The van der Waals surface area contributed by atoms with Crippen LogP contribution in [-0.2, 0) is 4.57 Å². The van der Waals surface area contributed by atoms with Crippen molar-refractivity contribution in [1.29, 1.82) is 0 Å². The Bertz CT molecular complexity index is 1740. The minimum absolute atomic E-state index is 0.112. The average Bonchev–Trinajstić information content (AvgIpc) is 3.51. The third-order valence-electron chi connectivity index (χ3n) is 8.24. The molecule has 6 rings (SSSR count). The molecule has 0 radical (unpaired) electrons. The van der Waals surface area contributed by atoms with E-state index in [1.54, 1.807) is 11.3 Å². The fourth-order valence-corrected chi connectivity index (χ4v) is 11.3. The van der Waals surface area contributed by atoms with Gasteiger partial charge in [0.2, 0.25) is 0 Å². The van der Waals surface area contributed by atoms with Gasteiger partial charge in [0.05, 0.1) is 0 Å². The minimum atomic E-state index is -2.98. The second-order valence-electron chi connectivity index (χ2n) is 11.3. The molecular weight excluding hydrogens is 522 g/mol. The molecule has 0 spiro atoms. The lowest BCUT2D eigenvalue weighted by molar-refractivity contribution is 0.593. The molecule has 0 bridgehead atoms. The van der Waals surface area contributed by atoms with Crippen LogP contribution in [0.2, 0.25) is 0 Å². The molecule has 1 aliphatic heterocycles. The van der Waals surface area contributed by atoms with Gasteiger partial charge in [-0.2, -0.15) is 0 Å². The number of hydrogen-bond acceptors (Lipinski definition) is 2. The van der Waals surface area contributed by atoms with Gasteiger partial charge in [0.25, 0.3) is 6.71 Å². The molecule has 1 unspecified atom stereocenters. The molecular formula is C36H34BOPS. The lowest BCUT2D eigenvalue weighted by atomic mass is 9.37. The van der Waals surface area contributed by atoms with Crippen LogP contribution >= 0.6 is 18.5 Å². The van der Waals surface area contributed by atoms with Crippen LogP contribution in [0.1, 0.15) is 43.8 Å². The van der Waals surface area contributed by atoms with Crippen molar-refractivity contribution in [3.8, 4) is 0 Å². The van der Waals surface area contributed by atoms with Crippen molar-refractivity contribution in [2.45, 2.75) is 41.5 Å². The molecule has 1 nitrogen and oxygen atoms in total. The third kappa shape index (κ3) is 4.37. The first-order valence-corrected chi connectivity index (χ1v) is 16.4. The van der Waals surface area contributed by atoms with E-state index in [0.29, 0.717) is 0 Å². The van der Waals surface area contributed by atoms with E-state index in [2.05, 4.69) is 90.1 Å². The van der Waals surface area contributed by atoms with Gasteiger partial charge in [-0.25, -0.2) is 0 Å². The summed E-state index contributed by atoms with van der Waals surface area (Å²) in [6, 6.07) is 31.9. The van der Waals surface area contributed by atoms with Gasteiger partial charge in [-0.3, -0.25) is 0 Å². The molecule has 1 atom stereocenters. The number of hydrogen-bond donors (Lipinski definition) is 0.